The molecule has 10 nitrogen and oxygen atoms in total. The molecule has 0 fully saturated rings. The van der Waals surface area contributed by atoms with Crippen LogP contribution in [0.1, 0.15) is 60.8 Å². The van der Waals surface area contributed by atoms with E-state index < -0.39 is 16.0 Å². The van der Waals surface area contributed by atoms with Gasteiger partial charge in [0.05, 0.1) is 5.69 Å². The van der Waals surface area contributed by atoms with E-state index in [0.29, 0.717) is 12.1 Å². The van der Waals surface area contributed by atoms with Crippen LogP contribution in [0.25, 0.3) is 5.69 Å². The molecule has 0 bridgehead atoms. The Balaban J connectivity index is 2.22. The first-order valence-electron chi connectivity index (χ1n) is 11.9. The average Bonchev–Trinajstić information content (AvgIpc) is 3.16. The Bertz CT molecular complexity index is 1450. The van der Waals surface area contributed by atoms with Crippen molar-refractivity contribution in [2.24, 2.45) is 0 Å². The number of carbonyl (C=O) groups is 2. The quantitative estimate of drug-likeness (QED) is 0.346. The van der Waals surface area contributed by atoms with E-state index in [-0.39, 0.29) is 51.8 Å². The molecule has 0 radical (unpaired) electrons. The van der Waals surface area contributed by atoms with E-state index in [1.807, 2.05) is 39.0 Å². The number of ether oxygens (including phenoxy) is 1. The van der Waals surface area contributed by atoms with Crippen LogP contribution in [0.4, 0.5) is 5.69 Å². The van der Waals surface area contributed by atoms with Crippen molar-refractivity contribution in [1.82, 2.24) is 14.5 Å². The number of aromatic nitrogens is 2. The number of nitrogens with one attached hydrogen (secondary N) is 2. The number of hydrogen-bond donors (Lipinski definition) is 3. The van der Waals surface area contributed by atoms with Crippen LogP contribution in [0, 0.1) is 20.8 Å². The first-order chi connectivity index (χ1) is 17.4. The van der Waals surface area contributed by atoms with Crippen LogP contribution in [-0.2, 0) is 14.8 Å². The highest BCUT2D eigenvalue weighted by molar-refractivity contribution is 7.89. The lowest BCUT2D eigenvalue weighted by Crippen LogP contribution is -2.32. The second-order valence-electron chi connectivity index (χ2n) is 8.88. The predicted octanol–water partition coefficient (Wildman–Crippen LogP) is 4.71. The Hall–Kier alpha value is -3.70. The molecule has 1 heterocycles. The number of anilines is 1. The topological polar surface area (TPSA) is 140 Å². The lowest BCUT2D eigenvalue weighted by atomic mass is 10.1. The molecule has 1 atom stereocenters. The zero-order valence-corrected chi connectivity index (χ0v) is 22.6. The standard InChI is InChI=1S/C26H32N4O6S/c1-7-17(5)29-37(34,35)22-14-19(27-23(31)8-2)11-12-21(22)36-25-18(6)24(26(32)33)28-30(25)20-13-15(3)9-10-16(20)4/h9-14,17,29H,7-8H2,1-6H3,(H,27,31)(H,32,33)/t17-/m0/s1. The largest absolute Gasteiger partial charge is 0.476 e. The maximum atomic E-state index is 13.4. The Kier molecular flexibility index (Phi) is 8.39. The highest BCUT2D eigenvalue weighted by Gasteiger charge is 2.27. The fourth-order valence-corrected chi connectivity index (χ4v) is 5.04. The number of amides is 1. The molecule has 0 spiro atoms. The summed E-state index contributed by atoms with van der Waals surface area (Å²) in [6, 6.07) is 9.55. The smallest absolute Gasteiger partial charge is 0.356 e. The van der Waals surface area contributed by atoms with Gasteiger partial charge in [-0.3, -0.25) is 4.79 Å². The molecule has 0 aliphatic carbocycles. The zero-order valence-electron chi connectivity index (χ0n) is 21.7. The number of sulfonamides is 1. The molecular formula is C26H32N4O6S. The SMILES string of the molecule is CCC(=O)Nc1ccc(Oc2c(C)c(C(=O)O)nn2-c2cc(C)ccc2C)c(S(=O)(=O)N[C@@H](C)CC)c1. The van der Waals surface area contributed by atoms with Crippen LogP contribution in [0.2, 0.25) is 0 Å². The summed E-state index contributed by atoms with van der Waals surface area (Å²) >= 11 is 0. The van der Waals surface area contributed by atoms with Gasteiger partial charge < -0.3 is 15.2 Å². The fourth-order valence-electron chi connectivity index (χ4n) is 3.56. The van der Waals surface area contributed by atoms with Gasteiger partial charge in [0.2, 0.25) is 21.8 Å². The summed E-state index contributed by atoms with van der Waals surface area (Å²) in [5, 5.41) is 16.6. The Morgan fingerprint density at radius 3 is 2.43 bits per heavy atom. The van der Waals surface area contributed by atoms with Crippen molar-refractivity contribution in [3.8, 4) is 17.3 Å². The van der Waals surface area contributed by atoms with Gasteiger partial charge in [-0.2, -0.15) is 9.78 Å². The minimum atomic E-state index is -4.07. The summed E-state index contributed by atoms with van der Waals surface area (Å²) in [5.41, 5.74) is 2.64. The molecule has 0 saturated carbocycles. The Labute approximate surface area is 216 Å². The number of rotatable bonds is 10. The Morgan fingerprint density at radius 2 is 1.81 bits per heavy atom. The van der Waals surface area contributed by atoms with Crippen LogP contribution in [0.5, 0.6) is 11.6 Å². The van der Waals surface area contributed by atoms with E-state index in [0.717, 1.165) is 11.1 Å². The van der Waals surface area contributed by atoms with Gasteiger partial charge in [0, 0.05) is 23.7 Å². The number of nitrogens with zero attached hydrogens (tertiary/aromatic N) is 2. The van der Waals surface area contributed by atoms with E-state index in [2.05, 4.69) is 15.1 Å². The molecular weight excluding hydrogens is 496 g/mol. The van der Waals surface area contributed by atoms with E-state index >= 15 is 0 Å². The zero-order chi connectivity index (χ0) is 27.5. The fraction of sp³-hybridized carbons (Fsp3) is 0.346. The number of carboxylic acids is 1. The number of benzene rings is 2. The van der Waals surface area contributed by atoms with Crippen LogP contribution in [0.3, 0.4) is 0 Å². The molecule has 0 unspecified atom stereocenters. The minimum Gasteiger partial charge on any atom is -0.476 e. The van der Waals surface area contributed by atoms with Crippen molar-refractivity contribution in [3.63, 3.8) is 0 Å². The van der Waals surface area contributed by atoms with Gasteiger partial charge >= 0.3 is 5.97 Å². The molecule has 37 heavy (non-hydrogen) atoms. The van der Waals surface area contributed by atoms with Gasteiger partial charge in [-0.15, -0.1) is 0 Å². The minimum absolute atomic E-state index is 0.0446. The second-order valence-corrected chi connectivity index (χ2v) is 10.6. The summed E-state index contributed by atoms with van der Waals surface area (Å²) in [6.45, 7) is 10.6. The number of aryl methyl sites for hydroxylation is 2. The summed E-state index contributed by atoms with van der Waals surface area (Å²) in [7, 11) is -4.07. The highest BCUT2D eigenvalue weighted by atomic mass is 32.2. The molecule has 0 saturated heterocycles. The molecule has 3 N–H and O–H groups in total. The molecule has 3 aromatic rings. The van der Waals surface area contributed by atoms with Crippen molar-refractivity contribution in [1.29, 1.82) is 0 Å². The van der Waals surface area contributed by atoms with E-state index in [1.165, 1.54) is 22.9 Å². The van der Waals surface area contributed by atoms with Crippen LogP contribution in [0.15, 0.2) is 41.3 Å². The average molecular weight is 529 g/mol. The van der Waals surface area contributed by atoms with Crippen molar-refractivity contribution in [2.45, 2.75) is 65.3 Å². The maximum absolute atomic E-state index is 13.4. The van der Waals surface area contributed by atoms with Gasteiger partial charge in [-0.25, -0.2) is 17.9 Å². The molecule has 2 aromatic carbocycles. The van der Waals surface area contributed by atoms with E-state index in [9.17, 15) is 23.1 Å². The van der Waals surface area contributed by atoms with Crippen molar-refractivity contribution >= 4 is 27.6 Å². The third-order valence-electron chi connectivity index (χ3n) is 5.88. The molecule has 0 aliphatic heterocycles. The van der Waals surface area contributed by atoms with E-state index in [1.54, 1.807) is 20.8 Å². The second kappa shape index (κ2) is 11.1. The van der Waals surface area contributed by atoms with Crippen molar-refractivity contribution in [3.05, 3.63) is 58.8 Å². The molecule has 1 aromatic heterocycles. The first kappa shape index (κ1) is 27.9. The lowest BCUT2D eigenvalue weighted by molar-refractivity contribution is -0.115. The third kappa shape index (κ3) is 6.17. The van der Waals surface area contributed by atoms with Crippen LogP contribution >= 0.6 is 0 Å². The van der Waals surface area contributed by atoms with Crippen LogP contribution < -0.4 is 14.8 Å². The number of carboxylic acid groups (broad SMARTS) is 1. The molecule has 3 rings (SSSR count). The lowest BCUT2D eigenvalue weighted by Gasteiger charge is -2.18. The van der Waals surface area contributed by atoms with Gasteiger partial charge in [-0.05, 0) is 69.5 Å². The maximum Gasteiger partial charge on any atom is 0.356 e. The molecule has 0 aliphatic rings. The van der Waals surface area contributed by atoms with Gasteiger partial charge in [-0.1, -0.05) is 26.0 Å². The first-order valence-corrected chi connectivity index (χ1v) is 13.4. The summed E-state index contributed by atoms with van der Waals surface area (Å²) in [5.74, 6) is -1.50. The van der Waals surface area contributed by atoms with Crippen molar-refractivity contribution in [2.75, 3.05) is 5.32 Å². The monoisotopic (exact) mass is 528 g/mol. The van der Waals surface area contributed by atoms with Gasteiger partial charge in [0.15, 0.2) is 5.69 Å². The molecule has 1 amide bonds. The molecule has 11 heteroatoms. The van der Waals surface area contributed by atoms with Gasteiger partial charge in [0.25, 0.3) is 0 Å². The van der Waals surface area contributed by atoms with Crippen molar-refractivity contribution < 1.29 is 27.9 Å². The summed E-state index contributed by atoms with van der Waals surface area (Å²) in [6.07, 6.45) is 0.778. The third-order valence-corrected chi connectivity index (χ3v) is 7.49. The number of carbonyl (C=O) groups excluding carboxylic acids is 1. The summed E-state index contributed by atoms with van der Waals surface area (Å²) < 4.78 is 36.8. The predicted molar refractivity (Wildman–Crippen MR) is 140 cm³/mol. The van der Waals surface area contributed by atoms with Gasteiger partial charge in [0.1, 0.15) is 10.6 Å². The normalized spacial score (nSPS) is 12.3. The molecule has 198 valence electrons. The number of hydrogen-bond acceptors (Lipinski definition) is 6. The summed E-state index contributed by atoms with van der Waals surface area (Å²) in [4.78, 5) is 23.6. The Morgan fingerprint density at radius 1 is 1.11 bits per heavy atom. The highest BCUT2D eigenvalue weighted by Crippen LogP contribution is 2.36. The number of aromatic carboxylic acids is 1. The van der Waals surface area contributed by atoms with Crippen LogP contribution in [-0.4, -0.2) is 41.2 Å². The van der Waals surface area contributed by atoms with E-state index in [4.69, 9.17) is 4.74 Å².